The van der Waals surface area contributed by atoms with Crippen LogP contribution in [-0.4, -0.2) is 5.91 Å². The molecule has 0 atom stereocenters. The first-order chi connectivity index (χ1) is 8.69. The number of halogens is 2. The van der Waals surface area contributed by atoms with Crippen LogP contribution in [0.3, 0.4) is 0 Å². The van der Waals surface area contributed by atoms with Gasteiger partial charge >= 0.3 is 0 Å². The van der Waals surface area contributed by atoms with E-state index in [-0.39, 0.29) is 11.7 Å². The average molecular weight is 329 g/mol. The van der Waals surface area contributed by atoms with Crippen molar-refractivity contribution in [1.82, 2.24) is 5.32 Å². The summed E-state index contributed by atoms with van der Waals surface area (Å²) >= 11 is 8.91. The zero-order chi connectivity index (χ0) is 13.0. The van der Waals surface area contributed by atoms with Crippen molar-refractivity contribution in [1.29, 1.82) is 0 Å². The summed E-state index contributed by atoms with van der Waals surface area (Å²) in [4.78, 5) is 11.7. The van der Waals surface area contributed by atoms with E-state index in [1.807, 2.05) is 24.3 Å². The Morgan fingerprint density at radius 3 is 2.72 bits per heavy atom. The number of amides is 1. The Labute approximate surface area is 118 Å². The Kier molecular flexibility index (Phi) is 4.44. The van der Waals surface area contributed by atoms with Crippen molar-refractivity contribution < 1.29 is 9.21 Å². The molecule has 0 aliphatic carbocycles. The van der Waals surface area contributed by atoms with Crippen molar-refractivity contribution in [3.05, 3.63) is 58.0 Å². The molecular formula is C13H11BrClNO2. The van der Waals surface area contributed by atoms with Crippen LogP contribution < -0.4 is 5.32 Å². The molecular weight excluding hydrogens is 318 g/mol. The lowest BCUT2D eigenvalue weighted by atomic mass is 10.1. The highest BCUT2D eigenvalue weighted by molar-refractivity contribution is 9.10. The van der Waals surface area contributed by atoms with Gasteiger partial charge in [-0.05, 0) is 39.2 Å². The molecule has 0 spiro atoms. The molecule has 1 amide bonds. The predicted octanol–water partition coefficient (Wildman–Crippen LogP) is 3.71. The van der Waals surface area contributed by atoms with Crippen LogP contribution in [0.15, 0.2) is 45.5 Å². The number of alkyl halides is 1. The second kappa shape index (κ2) is 6.07. The lowest BCUT2D eigenvalue weighted by Crippen LogP contribution is -2.22. The Hall–Kier alpha value is -1.26. The van der Waals surface area contributed by atoms with E-state index < -0.39 is 0 Å². The molecule has 0 saturated carbocycles. The first-order valence-electron chi connectivity index (χ1n) is 5.36. The highest BCUT2D eigenvalue weighted by Gasteiger charge is 2.09. The zero-order valence-electron chi connectivity index (χ0n) is 9.45. The quantitative estimate of drug-likeness (QED) is 0.869. The monoisotopic (exact) mass is 327 g/mol. The molecule has 1 aromatic heterocycles. The van der Waals surface area contributed by atoms with Crippen LogP contribution in [0.1, 0.15) is 21.7 Å². The minimum atomic E-state index is -0.239. The van der Waals surface area contributed by atoms with Crippen LogP contribution in [0.2, 0.25) is 0 Å². The average Bonchev–Trinajstić information content (AvgIpc) is 2.83. The maximum atomic E-state index is 11.7. The zero-order valence-corrected chi connectivity index (χ0v) is 11.8. The van der Waals surface area contributed by atoms with Crippen molar-refractivity contribution >= 4 is 33.4 Å². The fraction of sp³-hybridized carbons (Fsp3) is 0.154. The minimum absolute atomic E-state index is 0.239. The van der Waals surface area contributed by atoms with E-state index in [1.165, 1.54) is 0 Å². The lowest BCUT2D eigenvalue weighted by Gasteiger charge is -2.04. The van der Waals surface area contributed by atoms with Crippen LogP contribution in [0, 0.1) is 0 Å². The highest BCUT2D eigenvalue weighted by atomic mass is 79.9. The van der Waals surface area contributed by atoms with Crippen LogP contribution in [-0.2, 0) is 12.4 Å². The Balaban J connectivity index is 1.97. The van der Waals surface area contributed by atoms with Gasteiger partial charge in [-0.3, -0.25) is 4.79 Å². The summed E-state index contributed by atoms with van der Waals surface area (Å²) in [5, 5.41) is 2.78. The minimum Gasteiger partial charge on any atom is -0.444 e. The van der Waals surface area contributed by atoms with Gasteiger partial charge in [-0.1, -0.05) is 24.3 Å². The van der Waals surface area contributed by atoms with Gasteiger partial charge in [0.2, 0.25) is 0 Å². The molecule has 1 aromatic carbocycles. The molecule has 0 saturated heterocycles. The van der Waals surface area contributed by atoms with E-state index in [9.17, 15) is 4.79 Å². The van der Waals surface area contributed by atoms with Gasteiger partial charge in [0.15, 0.2) is 10.4 Å². The summed E-state index contributed by atoms with van der Waals surface area (Å²) < 4.78 is 5.70. The summed E-state index contributed by atoms with van der Waals surface area (Å²) in [6.45, 7) is 0.446. The number of hydrogen-bond acceptors (Lipinski definition) is 2. The first-order valence-corrected chi connectivity index (χ1v) is 6.69. The molecule has 3 nitrogen and oxygen atoms in total. The van der Waals surface area contributed by atoms with Crippen molar-refractivity contribution in [2.24, 2.45) is 0 Å². The van der Waals surface area contributed by atoms with Gasteiger partial charge in [-0.25, -0.2) is 0 Å². The van der Waals surface area contributed by atoms with E-state index in [2.05, 4.69) is 21.2 Å². The second-order valence-electron chi connectivity index (χ2n) is 3.74. The molecule has 0 unspecified atom stereocenters. The summed E-state index contributed by atoms with van der Waals surface area (Å²) in [7, 11) is 0. The van der Waals surface area contributed by atoms with Gasteiger partial charge in [0.1, 0.15) is 0 Å². The van der Waals surface area contributed by atoms with Gasteiger partial charge < -0.3 is 9.73 Å². The molecule has 5 heteroatoms. The normalized spacial score (nSPS) is 10.3. The van der Waals surface area contributed by atoms with Gasteiger partial charge in [0, 0.05) is 12.4 Å². The summed E-state index contributed by atoms with van der Waals surface area (Å²) in [6.07, 6.45) is 0. The Morgan fingerprint density at radius 2 is 2.06 bits per heavy atom. The number of benzene rings is 1. The molecule has 0 bridgehead atoms. The molecule has 2 rings (SSSR count). The molecule has 18 heavy (non-hydrogen) atoms. The Morgan fingerprint density at radius 1 is 1.28 bits per heavy atom. The molecule has 94 valence electrons. The van der Waals surface area contributed by atoms with E-state index in [0.717, 1.165) is 11.1 Å². The van der Waals surface area contributed by atoms with Crippen molar-refractivity contribution in [2.75, 3.05) is 0 Å². The largest absolute Gasteiger partial charge is 0.444 e. The van der Waals surface area contributed by atoms with Gasteiger partial charge in [-0.2, -0.15) is 0 Å². The number of carbonyl (C=O) groups excluding carboxylic acids is 1. The van der Waals surface area contributed by atoms with Gasteiger partial charge in [0.25, 0.3) is 5.91 Å². The van der Waals surface area contributed by atoms with Crippen LogP contribution in [0.25, 0.3) is 0 Å². The van der Waals surface area contributed by atoms with Crippen molar-refractivity contribution in [3.63, 3.8) is 0 Å². The number of nitrogens with one attached hydrogen (secondary N) is 1. The fourth-order valence-electron chi connectivity index (χ4n) is 1.53. The highest BCUT2D eigenvalue weighted by Crippen LogP contribution is 2.14. The summed E-state index contributed by atoms with van der Waals surface area (Å²) in [6, 6.07) is 11.1. The molecule has 1 heterocycles. The third kappa shape index (κ3) is 3.37. The summed E-state index contributed by atoms with van der Waals surface area (Å²) in [5.41, 5.74) is 2.04. The van der Waals surface area contributed by atoms with Crippen molar-refractivity contribution in [3.8, 4) is 0 Å². The van der Waals surface area contributed by atoms with Crippen molar-refractivity contribution in [2.45, 2.75) is 12.4 Å². The topological polar surface area (TPSA) is 42.2 Å². The molecule has 0 aliphatic rings. The molecule has 0 aliphatic heterocycles. The number of rotatable bonds is 4. The van der Waals surface area contributed by atoms with E-state index >= 15 is 0 Å². The maximum absolute atomic E-state index is 11.7. The Bertz CT molecular complexity index is 553. The third-order valence-corrected chi connectivity index (χ3v) is 3.13. The van der Waals surface area contributed by atoms with Gasteiger partial charge in [-0.15, -0.1) is 11.6 Å². The SMILES string of the molecule is O=C(NCc1cccc(CCl)c1)c1ccc(Br)o1. The maximum Gasteiger partial charge on any atom is 0.287 e. The van der Waals surface area contributed by atoms with Crippen LogP contribution >= 0.6 is 27.5 Å². The first kappa shape index (κ1) is 13.2. The number of hydrogen-bond donors (Lipinski definition) is 1. The predicted molar refractivity (Wildman–Crippen MR) is 73.6 cm³/mol. The van der Waals surface area contributed by atoms with Crippen LogP contribution in [0.5, 0.6) is 0 Å². The number of carbonyl (C=O) groups is 1. The van der Waals surface area contributed by atoms with Gasteiger partial charge in [0.05, 0.1) is 0 Å². The number of furan rings is 1. The fourth-order valence-corrected chi connectivity index (χ4v) is 2.00. The van der Waals surface area contributed by atoms with E-state index in [1.54, 1.807) is 12.1 Å². The van der Waals surface area contributed by atoms with E-state index in [0.29, 0.717) is 17.1 Å². The third-order valence-electron chi connectivity index (χ3n) is 2.40. The molecule has 0 fully saturated rings. The standard InChI is InChI=1S/C13H11BrClNO2/c14-12-5-4-11(18-12)13(17)16-8-10-3-1-2-9(6-10)7-15/h1-6H,7-8H2,(H,16,17). The van der Waals surface area contributed by atoms with E-state index in [4.69, 9.17) is 16.0 Å². The van der Waals surface area contributed by atoms with Crippen LogP contribution in [0.4, 0.5) is 0 Å². The molecule has 1 N–H and O–H groups in total. The molecule has 0 radical (unpaired) electrons. The summed E-state index contributed by atoms with van der Waals surface area (Å²) in [5.74, 6) is 0.514. The lowest BCUT2D eigenvalue weighted by molar-refractivity contribution is 0.0922. The smallest absolute Gasteiger partial charge is 0.287 e. The molecule has 2 aromatic rings. The second-order valence-corrected chi connectivity index (χ2v) is 4.79.